The molecular formula is C23H27FN4O2. The fourth-order valence-electron chi connectivity index (χ4n) is 2.90. The molecule has 0 fully saturated rings. The van der Waals surface area contributed by atoms with Gasteiger partial charge in [0, 0.05) is 43.9 Å². The van der Waals surface area contributed by atoms with E-state index in [1.807, 2.05) is 38.1 Å². The second-order valence-electron chi connectivity index (χ2n) is 7.21. The van der Waals surface area contributed by atoms with Crippen LogP contribution < -0.4 is 15.1 Å². The highest BCUT2D eigenvalue weighted by Crippen LogP contribution is 2.23. The normalized spacial score (nSPS) is 10.4. The Labute approximate surface area is 176 Å². The molecule has 0 spiro atoms. The molecule has 0 heterocycles. The van der Waals surface area contributed by atoms with Crippen LogP contribution in [0.4, 0.5) is 21.5 Å². The van der Waals surface area contributed by atoms with Crippen LogP contribution in [0.15, 0.2) is 48.5 Å². The first kappa shape index (κ1) is 22.9. The van der Waals surface area contributed by atoms with Gasteiger partial charge in [0.1, 0.15) is 5.82 Å². The Morgan fingerprint density at radius 3 is 2.43 bits per heavy atom. The van der Waals surface area contributed by atoms with Crippen molar-refractivity contribution < 1.29 is 14.0 Å². The van der Waals surface area contributed by atoms with Gasteiger partial charge in [0.05, 0.1) is 18.2 Å². The van der Waals surface area contributed by atoms with E-state index < -0.39 is 5.82 Å². The maximum Gasteiger partial charge on any atom is 0.227 e. The fourth-order valence-corrected chi connectivity index (χ4v) is 2.90. The second-order valence-corrected chi connectivity index (χ2v) is 7.21. The maximum absolute atomic E-state index is 14.4. The number of hydrogen-bond acceptors (Lipinski definition) is 4. The topological polar surface area (TPSA) is 76.4 Å². The molecule has 0 bridgehead atoms. The molecule has 1 N–H and O–H groups in total. The number of nitrogens with one attached hydrogen (secondary N) is 1. The van der Waals surface area contributed by atoms with Crippen molar-refractivity contribution in [2.75, 3.05) is 28.7 Å². The lowest BCUT2D eigenvalue weighted by Gasteiger charge is -2.24. The molecule has 0 radical (unpaired) electrons. The van der Waals surface area contributed by atoms with E-state index in [1.54, 1.807) is 36.2 Å². The van der Waals surface area contributed by atoms with Crippen LogP contribution in [0, 0.1) is 17.1 Å². The number of rotatable bonds is 9. The molecule has 0 unspecified atom stereocenters. The van der Waals surface area contributed by atoms with Crippen LogP contribution in [-0.2, 0) is 9.59 Å². The van der Waals surface area contributed by atoms with E-state index in [0.29, 0.717) is 17.1 Å². The molecule has 2 amide bonds. The summed E-state index contributed by atoms with van der Waals surface area (Å²) in [5.41, 5.74) is 1.48. The highest BCUT2D eigenvalue weighted by Gasteiger charge is 2.17. The van der Waals surface area contributed by atoms with Crippen molar-refractivity contribution in [2.24, 2.45) is 0 Å². The number of hydrogen-bond donors (Lipinski definition) is 1. The van der Waals surface area contributed by atoms with Crippen molar-refractivity contribution in [2.45, 2.75) is 39.2 Å². The Hall–Kier alpha value is -3.40. The zero-order chi connectivity index (χ0) is 22.1. The van der Waals surface area contributed by atoms with Gasteiger partial charge in [-0.15, -0.1) is 0 Å². The molecule has 0 aromatic heterocycles. The first-order valence-electron chi connectivity index (χ1n) is 9.88. The van der Waals surface area contributed by atoms with Gasteiger partial charge >= 0.3 is 0 Å². The zero-order valence-electron chi connectivity index (χ0n) is 17.6. The number of nitrogens with zero attached hydrogens (tertiary/aromatic N) is 3. The maximum atomic E-state index is 14.4. The Morgan fingerprint density at radius 1 is 1.13 bits per heavy atom. The third-order valence-corrected chi connectivity index (χ3v) is 4.77. The smallest absolute Gasteiger partial charge is 0.227 e. The van der Waals surface area contributed by atoms with Crippen molar-refractivity contribution in [3.05, 3.63) is 54.3 Å². The summed E-state index contributed by atoms with van der Waals surface area (Å²) in [7, 11) is 1.80. The summed E-state index contributed by atoms with van der Waals surface area (Å²) in [6.07, 6.45) is 0.149. The third kappa shape index (κ3) is 6.31. The van der Waals surface area contributed by atoms with Crippen molar-refractivity contribution in [1.82, 2.24) is 0 Å². The van der Waals surface area contributed by atoms with Crippen molar-refractivity contribution in [3.8, 4) is 6.07 Å². The second kappa shape index (κ2) is 11.0. The van der Waals surface area contributed by atoms with E-state index in [1.165, 1.54) is 11.0 Å². The van der Waals surface area contributed by atoms with Gasteiger partial charge < -0.3 is 15.1 Å². The minimum atomic E-state index is -0.424. The number of benzene rings is 2. The van der Waals surface area contributed by atoms with Crippen LogP contribution in [0.25, 0.3) is 0 Å². The van der Waals surface area contributed by atoms with Crippen molar-refractivity contribution in [3.63, 3.8) is 0 Å². The first-order chi connectivity index (χ1) is 14.3. The van der Waals surface area contributed by atoms with E-state index in [2.05, 4.69) is 5.32 Å². The number of amides is 2. The molecule has 30 heavy (non-hydrogen) atoms. The number of carbonyl (C=O) groups excluding carboxylic acids is 2. The summed E-state index contributed by atoms with van der Waals surface area (Å²) >= 11 is 0. The Bertz CT molecular complexity index is 909. The number of anilines is 3. The summed E-state index contributed by atoms with van der Waals surface area (Å²) in [5, 5.41) is 11.5. The number of carbonyl (C=O) groups is 2. The van der Waals surface area contributed by atoms with E-state index in [4.69, 9.17) is 5.26 Å². The molecule has 0 saturated carbocycles. The van der Waals surface area contributed by atoms with Gasteiger partial charge in [0.25, 0.3) is 0 Å². The molecule has 0 atom stereocenters. The molecule has 6 nitrogen and oxygen atoms in total. The number of halogens is 1. The molecule has 0 aliphatic rings. The average Bonchev–Trinajstić information content (AvgIpc) is 2.73. The summed E-state index contributed by atoms with van der Waals surface area (Å²) in [6, 6.07) is 15.7. The number of para-hydroxylation sites is 1. The molecule has 0 aliphatic carbocycles. The molecule has 2 aromatic rings. The minimum absolute atomic E-state index is 0.0111. The highest BCUT2D eigenvalue weighted by atomic mass is 19.1. The molecule has 2 rings (SSSR count). The minimum Gasteiger partial charge on any atom is -0.370 e. The zero-order valence-corrected chi connectivity index (χ0v) is 17.6. The van der Waals surface area contributed by atoms with Crippen LogP contribution in [-0.4, -0.2) is 31.4 Å². The lowest BCUT2D eigenvalue weighted by atomic mass is 10.2. The largest absolute Gasteiger partial charge is 0.370 e. The third-order valence-electron chi connectivity index (χ3n) is 4.77. The van der Waals surface area contributed by atoms with E-state index >= 15 is 0 Å². The van der Waals surface area contributed by atoms with Crippen LogP contribution >= 0.6 is 0 Å². The standard InChI is InChI=1S/C23H27FN4O2/c1-17(2)27(3)21-11-10-18(16-20(21)24)26-22(29)12-13-23(30)28(15-7-14-25)19-8-5-4-6-9-19/h4-6,8-11,16-17H,7,12-13,15H2,1-3H3,(H,26,29). The van der Waals surface area contributed by atoms with E-state index in [0.717, 1.165) is 0 Å². The Morgan fingerprint density at radius 2 is 1.83 bits per heavy atom. The van der Waals surface area contributed by atoms with Gasteiger partial charge in [-0.2, -0.15) is 5.26 Å². The van der Waals surface area contributed by atoms with E-state index in [9.17, 15) is 14.0 Å². The van der Waals surface area contributed by atoms with Gasteiger partial charge in [0.15, 0.2) is 0 Å². The molecule has 158 valence electrons. The van der Waals surface area contributed by atoms with Crippen LogP contribution in [0.2, 0.25) is 0 Å². The summed E-state index contributed by atoms with van der Waals surface area (Å²) in [4.78, 5) is 28.2. The quantitative estimate of drug-likeness (QED) is 0.667. The first-order valence-corrected chi connectivity index (χ1v) is 9.88. The average molecular weight is 410 g/mol. The predicted octanol–water partition coefficient (Wildman–Crippen LogP) is 4.34. The van der Waals surface area contributed by atoms with Crippen molar-refractivity contribution >= 4 is 28.9 Å². The van der Waals surface area contributed by atoms with Crippen LogP contribution in [0.3, 0.4) is 0 Å². The van der Waals surface area contributed by atoms with Gasteiger partial charge in [-0.3, -0.25) is 9.59 Å². The van der Waals surface area contributed by atoms with Gasteiger partial charge in [-0.05, 0) is 44.2 Å². The van der Waals surface area contributed by atoms with Crippen LogP contribution in [0.1, 0.15) is 33.1 Å². The van der Waals surface area contributed by atoms with Gasteiger partial charge in [-0.1, -0.05) is 18.2 Å². The molecular weight excluding hydrogens is 383 g/mol. The Balaban J connectivity index is 1.97. The Kier molecular flexibility index (Phi) is 8.36. The predicted molar refractivity (Wildman–Crippen MR) is 117 cm³/mol. The monoisotopic (exact) mass is 410 g/mol. The SMILES string of the molecule is CC(C)N(C)c1ccc(NC(=O)CCC(=O)N(CCC#N)c2ccccc2)cc1F. The highest BCUT2D eigenvalue weighted by molar-refractivity contribution is 5.98. The fraction of sp³-hybridized carbons (Fsp3) is 0.348. The number of nitriles is 1. The summed E-state index contributed by atoms with van der Waals surface area (Å²) in [6.45, 7) is 4.18. The molecule has 0 saturated heterocycles. The molecule has 7 heteroatoms. The lowest BCUT2D eigenvalue weighted by molar-refractivity contribution is -0.122. The summed E-state index contributed by atoms with van der Waals surface area (Å²) in [5.74, 6) is -1.04. The van der Waals surface area contributed by atoms with E-state index in [-0.39, 0.29) is 43.7 Å². The lowest BCUT2D eigenvalue weighted by Crippen LogP contribution is -2.32. The van der Waals surface area contributed by atoms with Gasteiger partial charge in [-0.25, -0.2) is 4.39 Å². The van der Waals surface area contributed by atoms with Gasteiger partial charge in [0.2, 0.25) is 11.8 Å². The van der Waals surface area contributed by atoms with Crippen molar-refractivity contribution in [1.29, 1.82) is 5.26 Å². The van der Waals surface area contributed by atoms with Crippen LogP contribution in [0.5, 0.6) is 0 Å². The molecule has 0 aliphatic heterocycles. The molecule has 2 aromatic carbocycles. The summed E-state index contributed by atoms with van der Waals surface area (Å²) < 4.78 is 14.4.